The van der Waals surface area contributed by atoms with Crippen LogP contribution in [0.15, 0.2) is 10.9 Å². The van der Waals surface area contributed by atoms with Crippen molar-refractivity contribution in [2.75, 3.05) is 0 Å². The molecule has 16 heavy (non-hydrogen) atoms. The molecule has 3 nitrogen and oxygen atoms in total. The Morgan fingerprint density at radius 2 is 2.00 bits per heavy atom. The Bertz CT molecular complexity index is 403. The number of nitrogens with one attached hydrogen (secondary N) is 1. The first kappa shape index (κ1) is 11.4. The van der Waals surface area contributed by atoms with E-state index in [2.05, 4.69) is 29.9 Å². The van der Waals surface area contributed by atoms with Crippen LogP contribution in [0.2, 0.25) is 0 Å². The summed E-state index contributed by atoms with van der Waals surface area (Å²) in [5.41, 5.74) is 1.83. The van der Waals surface area contributed by atoms with E-state index < -0.39 is 0 Å². The van der Waals surface area contributed by atoms with Crippen molar-refractivity contribution in [3.63, 3.8) is 0 Å². The van der Waals surface area contributed by atoms with E-state index in [1.54, 1.807) is 0 Å². The highest BCUT2D eigenvalue weighted by Gasteiger charge is 2.17. The van der Waals surface area contributed by atoms with Crippen molar-refractivity contribution in [1.82, 2.24) is 9.97 Å². The van der Waals surface area contributed by atoms with Crippen LogP contribution in [0.1, 0.15) is 69.2 Å². The quantitative estimate of drug-likeness (QED) is 0.833. The predicted octanol–water partition coefficient (Wildman–Crippen LogP) is 2.94. The third kappa shape index (κ3) is 2.52. The first-order chi connectivity index (χ1) is 7.66. The topological polar surface area (TPSA) is 45.8 Å². The fourth-order valence-corrected chi connectivity index (χ4v) is 2.43. The Morgan fingerprint density at radius 3 is 2.62 bits per heavy atom. The van der Waals surface area contributed by atoms with Crippen LogP contribution in [0.25, 0.3) is 0 Å². The largest absolute Gasteiger partial charge is 0.345 e. The number of H-pyrrole nitrogens is 1. The maximum Gasteiger partial charge on any atom is 0.345 e. The number of hydrogen-bond donors (Lipinski definition) is 1. The van der Waals surface area contributed by atoms with E-state index in [1.807, 2.05) is 0 Å². The third-order valence-corrected chi connectivity index (χ3v) is 3.42. The predicted molar refractivity (Wildman–Crippen MR) is 64.8 cm³/mol. The number of nitrogens with zero attached hydrogens (tertiary/aromatic N) is 1. The summed E-state index contributed by atoms with van der Waals surface area (Å²) >= 11 is 0. The second-order valence-electron chi connectivity index (χ2n) is 5.06. The van der Waals surface area contributed by atoms with Gasteiger partial charge in [-0.05, 0) is 30.7 Å². The molecule has 0 amide bonds. The van der Waals surface area contributed by atoms with Crippen LogP contribution in [-0.4, -0.2) is 9.97 Å². The molecule has 1 fully saturated rings. The van der Waals surface area contributed by atoms with Crippen molar-refractivity contribution < 1.29 is 0 Å². The van der Waals surface area contributed by atoms with Crippen LogP contribution < -0.4 is 5.69 Å². The number of hydrogen-bond acceptors (Lipinski definition) is 2. The molecule has 88 valence electrons. The summed E-state index contributed by atoms with van der Waals surface area (Å²) in [6.45, 7) is 4.15. The number of aromatic amines is 1. The standard InChI is InChI=1S/C13H20N2O/c1-9(2)11-8-12(15-13(16)14-11)10-6-4-3-5-7-10/h8-10H,3-7H2,1-2H3,(H,14,15,16). The molecule has 0 unspecified atom stereocenters. The lowest BCUT2D eigenvalue weighted by atomic mass is 9.86. The molecule has 2 rings (SSSR count). The zero-order valence-corrected chi connectivity index (χ0v) is 10.1. The van der Waals surface area contributed by atoms with E-state index in [0.29, 0.717) is 11.8 Å². The van der Waals surface area contributed by atoms with E-state index in [-0.39, 0.29) is 5.69 Å². The van der Waals surface area contributed by atoms with Crippen molar-refractivity contribution >= 4 is 0 Å². The molecule has 1 aliphatic carbocycles. The Balaban J connectivity index is 2.29. The number of rotatable bonds is 2. The van der Waals surface area contributed by atoms with Gasteiger partial charge in [0.1, 0.15) is 0 Å². The average molecular weight is 220 g/mol. The molecule has 1 saturated carbocycles. The van der Waals surface area contributed by atoms with Crippen molar-refractivity contribution in [3.8, 4) is 0 Å². The molecule has 1 aliphatic rings. The Labute approximate surface area is 96.3 Å². The van der Waals surface area contributed by atoms with Crippen LogP contribution in [-0.2, 0) is 0 Å². The van der Waals surface area contributed by atoms with E-state index >= 15 is 0 Å². The highest BCUT2D eigenvalue weighted by molar-refractivity contribution is 5.15. The van der Waals surface area contributed by atoms with Gasteiger partial charge in [-0.25, -0.2) is 4.79 Å². The first-order valence-corrected chi connectivity index (χ1v) is 6.28. The van der Waals surface area contributed by atoms with E-state index in [4.69, 9.17) is 0 Å². The van der Waals surface area contributed by atoms with Crippen molar-refractivity contribution in [2.24, 2.45) is 0 Å². The lowest BCUT2D eigenvalue weighted by molar-refractivity contribution is 0.434. The van der Waals surface area contributed by atoms with Crippen LogP contribution in [0.5, 0.6) is 0 Å². The smallest absolute Gasteiger partial charge is 0.310 e. The van der Waals surface area contributed by atoms with Gasteiger partial charge in [0.25, 0.3) is 0 Å². The van der Waals surface area contributed by atoms with Gasteiger partial charge in [0.05, 0.1) is 5.69 Å². The molecular weight excluding hydrogens is 200 g/mol. The lowest BCUT2D eigenvalue weighted by Gasteiger charge is -2.21. The van der Waals surface area contributed by atoms with Gasteiger partial charge in [-0.15, -0.1) is 0 Å². The van der Waals surface area contributed by atoms with Gasteiger partial charge < -0.3 is 4.98 Å². The molecule has 1 N–H and O–H groups in total. The van der Waals surface area contributed by atoms with Crippen LogP contribution in [0.3, 0.4) is 0 Å². The van der Waals surface area contributed by atoms with Crippen molar-refractivity contribution in [1.29, 1.82) is 0 Å². The minimum absolute atomic E-state index is 0.188. The van der Waals surface area contributed by atoms with Crippen molar-refractivity contribution in [3.05, 3.63) is 27.9 Å². The van der Waals surface area contributed by atoms with Crippen LogP contribution in [0, 0.1) is 0 Å². The van der Waals surface area contributed by atoms with E-state index in [0.717, 1.165) is 11.4 Å². The highest BCUT2D eigenvalue weighted by atomic mass is 16.1. The summed E-state index contributed by atoms with van der Waals surface area (Å²) in [5, 5.41) is 0. The Morgan fingerprint density at radius 1 is 1.31 bits per heavy atom. The maximum absolute atomic E-state index is 11.5. The second kappa shape index (κ2) is 4.81. The fraction of sp³-hybridized carbons (Fsp3) is 0.692. The zero-order valence-electron chi connectivity index (χ0n) is 10.1. The Kier molecular flexibility index (Phi) is 3.42. The summed E-state index contributed by atoms with van der Waals surface area (Å²) in [6, 6.07) is 2.09. The molecule has 0 aliphatic heterocycles. The summed E-state index contributed by atoms with van der Waals surface area (Å²) < 4.78 is 0. The van der Waals surface area contributed by atoms with E-state index in [1.165, 1.54) is 32.1 Å². The normalized spacial score (nSPS) is 17.9. The van der Waals surface area contributed by atoms with Crippen LogP contribution in [0.4, 0.5) is 0 Å². The molecule has 0 saturated heterocycles. The summed E-state index contributed by atoms with van der Waals surface area (Å²) in [4.78, 5) is 18.4. The monoisotopic (exact) mass is 220 g/mol. The first-order valence-electron chi connectivity index (χ1n) is 6.28. The van der Waals surface area contributed by atoms with Gasteiger partial charge in [0, 0.05) is 5.69 Å². The molecule has 0 radical (unpaired) electrons. The molecule has 0 atom stereocenters. The lowest BCUT2D eigenvalue weighted by Crippen LogP contribution is -2.18. The Hall–Kier alpha value is -1.12. The van der Waals surface area contributed by atoms with Crippen LogP contribution >= 0.6 is 0 Å². The fourth-order valence-electron chi connectivity index (χ4n) is 2.43. The molecule has 1 heterocycles. The van der Waals surface area contributed by atoms with Gasteiger partial charge in [0.2, 0.25) is 0 Å². The third-order valence-electron chi connectivity index (χ3n) is 3.42. The minimum Gasteiger partial charge on any atom is -0.310 e. The van der Waals surface area contributed by atoms with Gasteiger partial charge in [-0.3, -0.25) is 0 Å². The minimum atomic E-state index is -0.188. The van der Waals surface area contributed by atoms with Gasteiger partial charge >= 0.3 is 5.69 Å². The average Bonchev–Trinajstić information content (AvgIpc) is 2.29. The van der Waals surface area contributed by atoms with Crippen molar-refractivity contribution in [2.45, 2.75) is 57.8 Å². The summed E-state index contributed by atoms with van der Waals surface area (Å²) in [6.07, 6.45) is 6.32. The molecule has 1 aromatic heterocycles. The molecular formula is C13H20N2O. The molecule has 0 spiro atoms. The maximum atomic E-state index is 11.5. The second-order valence-corrected chi connectivity index (χ2v) is 5.06. The molecule has 0 aromatic carbocycles. The van der Waals surface area contributed by atoms with Gasteiger partial charge in [-0.1, -0.05) is 33.1 Å². The van der Waals surface area contributed by atoms with E-state index in [9.17, 15) is 4.79 Å². The SMILES string of the molecule is CC(C)c1cc(C2CCCCC2)[nH]c(=O)n1. The zero-order chi connectivity index (χ0) is 11.5. The molecule has 3 heteroatoms. The van der Waals surface area contributed by atoms with Gasteiger partial charge in [-0.2, -0.15) is 4.98 Å². The number of aromatic nitrogens is 2. The van der Waals surface area contributed by atoms with Gasteiger partial charge in [0.15, 0.2) is 0 Å². The highest BCUT2D eigenvalue weighted by Crippen LogP contribution is 2.31. The summed E-state index contributed by atoms with van der Waals surface area (Å²) in [7, 11) is 0. The summed E-state index contributed by atoms with van der Waals surface area (Å²) in [5.74, 6) is 0.867. The molecule has 1 aromatic rings. The molecule has 0 bridgehead atoms.